The lowest BCUT2D eigenvalue weighted by atomic mass is 9.83. The van der Waals surface area contributed by atoms with Gasteiger partial charge in [-0.25, -0.2) is 4.98 Å². The van der Waals surface area contributed by atoms with E-state index in [2.05, 4.69) is 43.7 Å². The number of aliphatic hydroxyl groups is 1. The van der Waals surface area contributed by atoms with Gasteiger partial charge < -0.3 is 51.0 Å². The number of aliphatic hydroxyl groups excluding tert-OH is 1. The first-order valence-corrected chi connectivity index (χ1v) is 29.0. The lowest BCUT2D eigenvalue weighted by molar-refractivity contribution is -0.144. The average molecular weight is 1090 g/mol. The molecule has 0 radical (unpaired) electrons. The zero-order valence-electron chi connectivity index (χ0n) is 46.2. The van der Waals surface area contributed by atoms with Crippen LogP contribution in [0.25, 0.3) is 10.4 Å². The van der Waals surface area contributed by atoms with E-state index in [0.717, 1.165) is 78.6 Å². The number of likely N-dealkylation sites (N-methyl/N-ethyl adjacent to an activating group) is 1. The van der Waals surface area contributed by atoms with Gasteiger partial charge in [-0.2, -0.15) is 0 Å². The number of fused-ring (bicyclic) bond motifs is 1. The van der Waals surface area contributed by atoms with Crippen molar-refractivity contribution >= 4 is 46.8 Å². The molecule has 1 saturated carbocycles. The predicted molar refractivity (Wildman–Crippen MR) is 299 cm³/mol. The first-order valence-electron chi connectivity index (χ1n) is 28.1. The maximum atomic E-state index is 14.9. The van der Waals surface area contributed by atoms with Gasteiger partial charge in [-0.05, 0) is 112 Å². The van der Waals surface area contributed by atoms with Gasteiger partial charge >= 0.3 is 0 Å². The Bertz CT molecular complexity index is 2720. The molecule has 78 heavy (non-hydrogen) atoms. The highest BCUT2D eigenvalue weighted by atomic mass is 32.1. The highest BCUT2D eigenvalue weighted by Gasteiger charge is 2.47. The second-order valence-electron chi connectivity index (χ2n) is 22.8. The molecule has 17 nitrogen and oxygen atoms in total. The number of rotatable bonds is 21. The van der Waals surface area contributed by atoms with Crippen molar-refractivity contribution in [2.45, 2.75) is 173 Å². The first kappa shape index (κ1) is 57.8. The summed E-state index contributed by atoms with van der Waals surface area (Å²) in [6, 6.07) is 19.2. The Morgan fingerprint density at radius 2 is 1.55 bits per heavy atom. The van der Waals surface area contributed by atoms with Crippen molar-refractivity contribution in [2.24, 2.45) is 11.3 Å². The number of carbonyl (C=O) groups is 6. The van der Waals surface area contributed by atoms with Crippen molar-refractivity contribution in [3.8, 4) is 21.9 Å². The van der Waals surface area contributed by atoms with Gasteiger partial charge in [0, 0.05) is 38.4 Å². The van der Waals surface area contributed by atoms with Gasteiger partial charge in [-0.15, -0.1) is 11.3 Å². The fourth-order valence-electron chi connectivity index (χ4n) is 11.4. The fourth-order valence-corrected chi connectivity index (χ4v) is 12.2. The third-order valence-corrected chi connectivity index (χ3v) is 16.9. The van der Waals surface area contributed by atoms with Crippen LogP contribution in [0.1, 0.15) is 133 Å². The third-order valence-electron chi connectivity index (χ3n) is 15.9. The molecule has 2 aliphatic carbocycles. The average Bonchev–Trinajstić information content (AvgIpc) is 4.20. The number of β-amino-alcohol motifs (C(OH)–C–C–N with tert-alkyl or cyclic N) is 1. The molecule has 0 bridgehead atoms. The van der Waals surface area contributed by atoms with Gasteiger partial charge in [0.15, 0.2) is 0 Å². The van der Waals surface area contributed by atoms with E-state index >= 15 is 0 Å². The Balaban J connectivity index is 0.843. The highest BCUT2D eigenvalue weighted by Crippen LogP contribution is 2.35. The van der Waals surface area contributed by atoms with Crippen LogP contribution >= 0.6 is 11.3 Å². The monoisotopic (exact) mass is 1090 g/mol. The zero-order chi connectivity index (χ0) is 55.5. The lowest BCUT2D eigenvalue weighted by Crippen LogP contribution is -2.58. The summed E-state index contributed by atoms with van der Waals surface area (Å²) in [6.45, 7) is 10.0. The smallest absolute Gasteiger partial charge is 0.246 e. The van der Waals surface area contributed by atoms with Crippen LogP contribution in [0.4, 0.5) is 0 Å². The molecule has 6 amide bonds. The van der Waals surface area contributed by atoms with Crippen molar-refractivity contribution in [2.75, 3.05) is 26.7 Å². The van der Waals surface area contributed by atoms with Crippen LogP contribution in [0, 0.1) is 18.3 Å². The second kappa shape index (κ2) is 26.5. The van der Waals surface area contributed by atoms with Gasteiger partial charge in [0.25, 0.3) is 0 Å². The molecule has 0 spiro atoms. The summed E-state index contributed by atoms with van der Waals surface area (Å²) in [4.78, 5) is 92.4. The summed E-state index contributed by atoms with van der Waals surface area (Å²) in [6.07, 6.45) is 7.45. The Kier molecular flexibility index (Phi) is 19.7. The summed E-state index contributed by atoms with van der Waals surface area (Å²) in [7, 11) is 1.71. The minimum atomic E-state index is -0.942. The number of hydrogen-bond donors (Lipinski definition) is 6. The Morgan fingerprint density at radius 1 is 0.821 bits per heavy atom. The third kappa shape index (κ3) is 14.6. The SMILES string of the molecule is CN[C@@H](C)C(=O)N[C@H](C(=O)N1C[C@@H](Oc2cccc(OCCCCC(=O)N[C@H](C(=O)N3C[C@H](O)C[C@H]3C(=O)NCc3ccc(-c4scnc4C)cc3)C(C)(C)C)c2)C[C@H]1C(=O)N[C@@H]1CCCc2ccccc21)C1CCCCC1. The molecule has 8 atom stereocenters. The molecule has 0 unspecified atom stereocenters. The van der Waals surface area contributed by atoms with Crippen molar-refractivity contribution in [3.63, 3.8) is 0 Å². The molecular weight excluding hydrogens is 1010 g/mol. The van der Waals surface area contributed by atoms with Crippen LogP contribution in [0.2, 0.25) is 0 Å². The Hall–Kier alpha value is -6.37. The Labute approximate surface area is 463 Å². The molecule has 4 aliphatic rings. The van der Waals surface area contributed by atoms with E-state index < -0.39 is 53.7 Å². The van der Waals surface area contributed by atoms with Crippen LogP contribution in [0.15, 0.2) is 78.3 Å². The largest absolute Gasteiger partial charge is 0.493 e. The van der Waals surface area contributed by atoms with Gasteiger partial charge in [0.1, 0.15) is 41.8 Å². The number of thiazole rings is 1. The number of ether oxygens (including phenoxy) is 2. The molecule has 3 heterocycles. The van der Waals surface area contributed by atoms with E-state index in [0.29, 0.717) is 30.9 Å². The van der Waals surface area contributed by atoms with Gasteiger partial charge in [0.2, 0.25) is 35.4 Å². The maximum Gasteiger partial charge on any atom is 0.246 e. The van der Waals surface area contributed by atoms with Crippen LogP contribution in [-0.4, -0.2) is 124 Å². The summed E-state index contributed by atoms with van der Waals surface area (Å²) in [5.74, 6) is -0.845. The number of aromatic nitrogens is 1. The number of unbranched alkanes of at least 4 members (excludes halogenated alkanes) is 1. The standard InChI is InChI=1S/C60H80N8O9S/c1-37-53(78-36-63-37)42-27-25-39(26-28-42)33-62-56(72)49-30-43(69)34-67(49)59(75)54(60(3,4)5)65-51(70)24-12-13-29-76-44-20-15-21-45(31-44)77-46-32-50(57(73)64-48-23-14-19-40-16-10-11-22-47(40)48)68(35-46)58(74)52(41-17-8-7-9-18-41)66-55(71)38(2)61-6/h10-11,15-16,20-22,25-28,31,36,38,41,43,46,48-50,52,54,61,69H,7-9,12-14,17-19,23-24,29-30,32-35H2,1-6H3,(H,62,72)(H,64,73)(H,65,70)(H,66,71)/t38-,43+,46-,48+,49-,50-,52-,54+/m0/s1. The normalized spacial score (nSPS) is 21.7. The van der Waals surface area contributed by atoms with Crippen molar-refractivity contribution < 1.29 is 43.3 Å². The number of nitrogens with zero attached hydrogens (tertiary/aromatic N) is 3. The molecule has 1 aromatic heterocycles. The van der Waals surface area contributed by atoms with E-state index in [4.69, 9.17) is 9.47 Å². The molecular formula is C60H80N8O9S. The lowest BCUT2D eigenvalue weighted by Gasteiger charge is -2.35. The summed E-state index contributed by atoms with van der Waals surface area (Å²) >= 11 is 1.57. The van der Waals surface area contributed by atoms with Crippen molar-refractivity contribution in [1.29, 1.82) is 0 Å². The number of nitrogens with one attached hydrogen (secondary N) is 5. The van der Waals surface area contributed by atoms with Gasteiger partial charge in [-0.1, -0.05) is 94.6 Å². The zero-order valence-corrected chi connectivity index (χ0v) is 47.0. The molecule has 2 saturated heterocycles. The fraction of sp³-hybridized carbons (Fsp3) is 0.550. The van der Waals surface area contributed by atoms with Crippen molar-refractivity contribution in [1.82, 2.24) is 41.4 Å². The van der Waals surface area contributed by atoms with Crippen LogP contribution in [0.5, 0.6) is 11.5 Å². The van der Waals surface area contributed by atoms with E-state index in [1.54, 1.807) is 36.3 Å². The number of aryl methyl sites for hydroxylation is 2. The number of likely N-dealkylation sites (tertiary alicyclic amines) is 2. The molecule has 6 N–H and O–H groups in total. The molecule has 8 rings (SSSR count). The number of benzene rings is 3. The summed E-state index contributed by atoms with van der Waals surface area (Å²) in [5.41, 5.74) is 6.33. The van der Waals surface area contributed by atoms with Crippen molar-refractivity contribution in [3.05, 3.63) is 101 Å². The molecule has 3 fully saturated rings. The molecule has 2 aliphatic heterocycles. The molecule has 4 aromatic rings. The van der Waals surface area contributed by atoms with Crippen LogP contribution in [0.3, 0.4) is 0 Å². The number of amides is 6. The topological polar surface area (TPSA) is 221 Å². The molecule has 420 valence electrons. The van der Waals surface area contributed by atoms with E-state index in [9.17, 15) is 33.9 Å². The van der Waals surface area contributed by atoms with Crippen LogP contribution in [-0.2, 0) is 41.7 Å². The van der Waals surface area contributed by atoms with Gasteiger partial charge in [-0.3, -0.25) is 28.8 Å². The quantitative estimate of drug-likeness (QED) is 0.0483. The predicted octanol–water partition coefficient (Wildman–Crippen LogP) is 6.69. The Morgan fingerprint density at radius 3 is 2.28 bits per heavy atom. The highest BCUT2D eigenvalue weighted by molar-refractivity contribution is 7.13. The number of hydrogen-bond acceptors (Lipinski definition) is 12. The molecule has 18 heteroatoms. The maximum absolute atomic E-state index is 14.9. The summed E-state index contributed by atoms with van der Waals surface area (Å²) < 4.78 is 12.7. The van der Waals surface area contributed by atoms with E-state index in [1.165, 1.54) is 10.5 Å². The minimum Gasteiger partial charge on any atom is -0.493 e. The second-order valence-corrected chi connectivity index (χ2v) is 23.6. The van der Waals surface area contributed by atoms with E-state index in [-0.39, 0.29) is 80.4 Å². The van der Waals surface area contributed by atoms with E-state index in [1.807, 2.05) is 87.8 Å². The minimum absolute atomic E-state index is 0.0168. The van der Waals surface area contributed by atoms with Crippen LogP contribution < -0.4 is 36.1 Å². The molecule has 3 aromatic carbocycles. The summed E-state index contributed by atoms with van der Waals surface area (Å²) in [5, 5.41) is 26.0. The number of carbonyl (C=O) groups excluding carboxylic acids is 6. The van der Waals surface area contributed by atoms with Gasteiger partial charge in [0.05, 0.1) is 47.4 Å². The first-order chi connectivity index (χ1) is 37.5.